The number of nitrogens with two attached hydrogens (primary N) is 1. The Balaban J connectivity index is 1.17. The second-order valence-corrected chi connectivity index (χ2v) is 12.6. The number of carbonyl (C=O) groups is 5. The van der Waals surface area contributed by atoms with E-state index in [1.54, 1.807) is 16.7 Å². The summed E-state index contributed by atoms with van der Waals surface area (Å²) in [5.74, 6) is -3.20. The van der Waals surface area contributed by atoms with Crippen molar-refractivity contribution in [1.29, 1.82) is 0 Å². The van der Waals surface area contributed by atoms with E-state index in [9.17, 15) is 29.1 Å². The summed E-state index contributed by atoms with van der Waals surface area (Å²) < 4.78 is 1.26. The van der Waals surface area contributed by atoms with Gasteiger partial charge in [-0.25, -0.2) is 9.48 Å². The van der Waals surface area contributed by atoms with Gasteiger partial charge in [0.1, 0.15) is 24.6 Å². The quantitative estimate of drug-likeness (QED) is 0.160. The van der Waals surface area contributed by atoms with Crippen LogP contribution in [-0.4, -0.2) is 143 Å². The van der Waals surface area contributed by atoms with Crippen molar-refractivity contribution in [2.75, 3.05) is 39.3 Å². The van der Waals surface area contributed by atoms with E-state index >= 15 is 0 Å². The largest absolute Gasteiger partial charge is 0.477 e. The highest BCUT2D eigenvalue weighted by Crippen LogP contribution is 2.51. The van der Waals surface area contributed by atoms with Gasteiger partial charge in [0.15, 0.2) is 0 Å². The molecule has 4 aliphatic rings. The first-order valence-electron chi connectivity index (χ1n) is 14.2. The average molecular weight is 621 g/mol. The molecular formula is C25H36N10O7S. The number of carbonyl (C=O) groups excluding carboxylic acids is 4. The number of aliphatic carboxylic acids is 1. The Hall–Kier alpha value is -3.61. The molecule has 3 saturated heterocycles. The second kappa shape index (κ2) is 12.6. The molecule has 7 atom stereocenters. The Bertz CT molecular complexity index is 1300. The molecule has 5 rings (SSSR count). The van der Waals surface area contributed by atoms with Gasteiger partial charge in [-0.2, -0.15) is 0 Å². The highest BCUT2D eigenvalue weighted by molar-refractivity contribution is 8.03. The van der Waals surface area contributed by atoms with Crippen LogP contribution < -0.4 is 16.4 Å². The van der Waals surface area contributed by atoms with Gasteiger partial charge in [-0.1, -0.05) is 6.92 Å². The number of tetrazole rings is 1. The summed E-state index contributed by atoms with van der Waals surface area (Å²) in [7, 11) is 0. The smallest absolute Gasteiger partial charge is 0.353 e. The Labute approximate surface area is 251 Å². The average Bonchev–Trinajstić information content (AvgIpc) is 3.72. The zero-order valence-electron chi connectivity index (χ0n) is 23.8. The number of aliphatic hydroxyl groups is 1. The zero-order valence-corrected chi connectivity index (χ0v) is 24.6. The number of β-lactam (4-membered cyclic amide) rings is 1. The summed E-state index contributed by atoms with van der Waals surface area (Å²) >= 11 is 1.39. The minimum Gasteiger partial charge on any atom is -0.477 e. The maximum absolute atomic E-state index is 13.2. The van der Waals surface area contributed by atoms with Gasteiger partial charge in [0.2, 0.25) is 23.6 Å². The standard InChI is InChI=1S/C25H36N10O7S/c1-12-19-18(13(2)29-17(37)9-34-11-28-30-31-34)24(40)35(19)20(25(41)42)21(12)43-14-7-16(27-8-14)23(39)33-5-3-32(4-6-33)22(38)15(26)10-36/h11-16,18-19,27,36H,3-10,26H2,1-2H3,(H,29,37)(H,41,42)/t12-,13?,14+,15?,16+,18-,19-/m1/s1. The molecule has 6 N–H and O–H groups in total. The van der Waals surface area contributed by atoms with Crippen LogP contribution in [0.15, 0.2) is 16.9 Å². The molecule has 4 aliphatic heterocycles. The van der Waals surface area contributed by atoms with Gasteiger partial charge in [-0.05, 0) is 23.8 Å². The fourth-order valence-electron chi connectivity index (χ4n) is 6.33. The van der Waals surface area contributed by atoms with Crippen LogP contribution in [0.25, 0.3) is 0 Å². The minimum atomic E-state index is -1.19. The number of nitrogens with one attached hydrogen (secondary N) is 2. The third kappa shape index (κ3) is 5.96. The first-order chi connectivity index (χ1) is 20.5. The predicted octanol–water partition coefficient (Wildman–Crippen LogP) is -3.60. The number of rotatable bonds is 10. The molecule has 0 aromatic carbocycles. The number of aliphatic hydroxyl groups excluding tert-OH is 1. The van der Waals surface area contributed by atoms with E-state index in [0.29, 0.717) is 44.0 Å². The van der Waals surface area contributed by atoms with E-state index in [1.165, 1.54) is 27.7 Å². The zero-order chi connectivity index (χ0) is 31.0. The molecule has 0 radical (unpaired) electrons. The van der Waals surface area contributed by atoms with E-state index < -0.39 is 42.7 Å². The lowest BCUT2D eigenvalue weighted by molar-refractivity contribution is -0.158. The molecule has 3 fully saturated rings. The monoisotopic (exact) mass is 620 g/mol. The van der Waals surface area contributed by atoms with Crippen LogP contribution in [0.3, 0.4) is 0 Å². The molecule has 234 valence electrons. The molecule has 0 spiro atoms. The number of hydrogen-bond donors (Lipinski definition) is 5. The van der Waals surface area contributed by atoms with Crippen LogP contribution in [-0.2, 0) is 30.5 Å². The maximum atomic E-state index is 13.2. The lowest BCUT2D eigenvalue weighted by atomic mass is 9.78. The summed E-state index contributed by atoms with van der Waals surface area (Å²) in [6, 6.07) is -2.37. The summed E-state index contributed by atoms with van der Waals surface area (Å²) in [5.41, 5.74) is 5.60. The van der Waals surface area contributed by atoms with Crippen molar-refractivity contribution >= 4 is 41.4 Å². The molecule has 0 saturated carbocycles. The summed E-state index contributed by atoms with van der Waals surface area (Å²) in [6.07, 6.45) is 1.79. The fraction of sp³-hybridized carbons (Fsp3) is 0.680. The van der Waals surface area contributed by atoms with Gasteiger partial charge >= 0.3 is 5.97 Å². The molecule has 4 amide bonds. The molecule has 43 heavy (non-hydrogen) atoms. The molecular weight excluding hydrogens is 584 g/mol. The van der Waals surface area contributed by atoms with Crippen LogP contribution in [0.1, 0.15) is 20.3 Å². The number of piperazine rings is 1. The van der Waals surface area contributed by atoms with E-state index in [0.717, 1.165) is 0 Å². The lowest BCUT2D eigenvalue weighted by Crippen LogP contribution is -2.66. The Morgan fingerprint density at radius 2 is 1.91 bits per heavy atom. The third-order valence-corrected chi connectivity index (χ3v) is 10.0. The Morgan fingerprint density at radius 3 is 2.53 bits per heavy atom. The highest BCUT2D eigenvalue weighted by Gasteiger charge is 2.60. The van der Waals surface area contributed by atoms with Crippen molar-refractivity contribution in [3.8, 4) is 0 Å². The molecule has 17 nitrogen and oxygen atoms in total. The number of amides is 4. The molecule has 0 aliphatic carbocycles. The van der Waals surface area contributed by atoms with Crippen molar-refractivity contribution < 1.29 is 34.2 Å². The minimum absolute atomic E-state index is 0.0346. The van der Waals surface area contributed by atoms with Crippen molar-refractivity contribution in [1.82, 2.24) is 45.5 Å². The lowest BCUT2D eigenvalue weighted by Gasteiger charge is -2.47. The molecule has 5 heterocycles. The van der Waals surface area contributed by atoms with Gasteiger partial charge < -0.3 is 41.3 Å². The highest BCUT2D eigenvalue weighted by atomic mass is 32.2. The molecule has 1 aromatic rings. The topological polar surface area (TPSA) is 229 Å². The van der Waals surface area contributed by atoms with Crippen LogP contribution in [0.5, 0.6) is 0 Å². The molecule has 1 aromatic heterocycles. The maximum Gasteiger partial charge on any atom is 0.353 e. The first kappa shape index (κ1) is 30.8. The van der Waals surface area contributed by atoms with Crippen molar-refractivity contribution in [3.05, 3.63) is 16.9 Å². The van der Waals surface area contributed by atoms with Gasteiger partial charge in [0.05, 0.1) is 24.6 Å². The number of thioether (sulfide) groups is 1. The number of hydrogen-bond acceptors (Lipinski definition) is 12. The summed E-state index contributed by atoms with van der Waals surface area (Å²) in [6.45, 7) is 4.93. The summed E-state index contributed by atoms with van der Waals surface area (Å²) in [5, 5.41) is 35.8. The second-order valence-electron chi connectivity index (χ2n) is 11.3. The van der Waals surface area contributed by atoms with Gasteiger partial charge in [0.25, 0.3) is 0 Å². The van der Waals surface area contributed by atoms with Crippen molar-refractivity contribution in [2.24, 2.45) is 17.6 Å². The van der Waals surface area contributed by atoms with E-state index in [1.807, 2.05) is 6.92 Å². The number of aromatic nitrogens is 4. The Kier molecular flexibility index (Phi) is 9.00. The van der Waals surface area contributed by atoms with E-state index in [-0.39, 0.29) is 47.0 Å². The molecule has 0 bridgehead atoms. The van der Waals surface area contributed by atoms with Crippen LogP contribution in [0, 0.1) is 11.8 Å². The SMILES string of the molecule is CC(NC(=O)Cn1cnnn1)[C@H]1C(=O)N2C(C(=O)O)=C(S[C@@H]3CN[C@H](C(=O)N4CCN(C(=O)C(N)CO)CC4)C3)[C@H](C)[C@H]12. The normalized spacial score (nSPS) is 28.4. The van der Waals surface area contributed by atoms with E-state index in [4.69, 9.17) is 10.8 Å². The molecule has 2 unspecified atom stereocenters. The molecule has 18 heteroatoms. The Morgan fingerprint density at radius 1 is 1.21 bits per heavy atom. The third-order valence-electron chi connectivity index (χ3n) is 8.51. The van der Waals surface area contributed by atoms with Crippen LogP contribution in [0.2, 0.25) is 0 Å². The number of nitrogens with zero attached hydrogens (tertiary/aromatic N) is 7. The van der Waals surface area contributed by atoms with Crippen LogP contribution >= 0.6 is 11.8 Å². The van der Waals surface area contributed by atoms with Gasteiger partial charge in [0, 0.05) is 54.8 Å². The number of carboxylic acids is 1. The van der Waals surface area contributed by atoms with Crippen molar-refractivity contribution in [3.63, 3.8) is 0 Å². The number of carboxylic acid groups (broad SMARTS) is 1. The van der Waals surface area contributed by atoms with Crippen LogP contribution in [0.4, 0.5) is 0 Å². The fourth-order valence-corrected chi connectivity index (χ4v) is 7.81. The first-order valence-corrected chi connectivity index (χ1v) is 15.0. The predicted molar refractivity (Wildman–Crippen MR) is 149 cm³/mol. The number of fused-ring (bicyclic) bond motifs is 1. The van der Waals surface area contributed by atoms with E-state index in [2.05, 4.69) is 26.2 Å². The van der Waals surface area contributed by atoms with Gasteiger partial charge in [-0.15, -0.1) is 16.9 Å². The van der Waals surface area contributed by atoms with Crippen molar-refractivity contribution in [2.45, 2.75) is 56.2 Å². The van der Waals surface area contributed by atoms with Gasteiger partial charge in [-0.3, -0.25) is 19.2 Å². The summed E-state index contributed by atoms with van der Waals surface area (Å²) in [4.78, 5) is 68.6.